The Labute approximate surface area is 67.9 Å². The van der Waals surface area contributed by atoms with Crippen molar-refractivity contribution in [3.63, 3.8) is 0 Å². The molecule has 0 aromatic heterocycles. The van der Waals surface area contributed by atoms with Gasteiger partial charge in [0.25, 0.3) is 0 Å². The minimum atomic E-state index is -1.26. The molecule has 12 heavy (non-hydrogen) atoms. The van der Waals surface area contributed by atoms with Crippen molar-refractivity contribution in [3.05, 3.63) is 0 Å². The van der Waals surface area contributed by atoms with Crippen molar-refractivity contribution in [2.45, 2.75) is 18.9 Å². The van der Waals surface area contributed by atoms with Gasteiger partial charge < -0.3 is 10.4 Å². The Hall–Kier alpha value is -1.59. The molecule has 1 rings (SSSR count). The summed E-state index contributed by atoms with van der Waals surface area (Å²) in [7, 11) is 0. The summed E-state index contributed by atoms with van der Waals surface area (Å²) < 4.78 is 0. The van der Waals surface area contributed by atoms with Gasteiger partial charge in [-0.25, -0.2) is 4.79 Å². The number of carboxylic acid groups (broad SMARTS) is 1. The van der Waals surface area contributed by atoms with Crippen molar-refractivity contribution in [2.24, 2.45) is 0 Å². The zero-order chi connectivity index (χ0) is 9.14. The van der Waals surface area contributed by atoms with Crippen LogP contribution in [0, 0.1) is 0 Å². The number of imide groups is 1. The largest absolute Gasteiger partial charge is 0.465 e. The van der Waals surface area contributed by atoms with E-state index >= 15 is 0 Å². The summed E-state index contributed by atoms with van der Waals surface area (Å²) in [5, 5.41) is 12.3. The molecule has 1 atom stereocenters. The summed E-state index contributed by atoms with van der Waals surface area (Å²) in [5.41, 5.74) is 0. The number of nitrogens with one attached hydrogen (secondary N) is 2. The highest BCUT2D eigenvalue weighted by Crippen LogP contribution is 2.03. The Bertz CT molecular complexity index is 238. The number of rotatable bonds is 1. The lowest BCUT2D eigenvalue weighted by Gasteiger charge is -2.19. The average Bonchev–Trinajstić information content (AvgIpc) is 1.94. The van der Waals surface area contributed by atoms with Gasteiger partial charge in [-0.3, -0.25) is 14.9 Å². The fourth-order valence-corrected chi connectivity index (χ4v) is 0.980. The van der Waals surface area contributed by atoms with E-state index in [1.54, 1.807) is 0 Å². The molecule has 0 bridgehead atoms. The first kappa shape index (κ1) is 8.51. The van der Waals surface area contributed by atoms with Crippen molar-refractivity contribution in [1.29, 1.82) is 0 Å². The molecule has 3 N–H and O–H groups in total. The number of piperidine rings is 1. The normalized spacial score (nSPS) is 23.2. The molecule has 1 aliphatic heterocycles. The molecule has 0 saturated carbocycles. The van der Waals surface area contributed by atoms with Gasteiger partial charge in [0.15, 0.2) is 0 Å². The third-order valence-corrected chi connectivity index (χ3v) is 1.54. The first-order valence-corrected chi connectivity index (χ1v) is 3.43. The van der Waals surface area contributed by atoms with Crippen LogP contribution in [0.2, 0.25) is 0 Å². The molecule has 0 unspecified atom stereocenters. The molecule has 0 spiro atoms. The van der Waals surface area contributed by atoms with E-state index in [1.165, 1.54) is 0 Å². The SMILES string of the molecule is O=C(O)N[C@H]1CCC(=O)NC1=O. The fourth-order valence-electron chi connectivity index (χ4n) is 0.980. The smallest absolute Gasteiger partial charge is 0.405 e. The van der Waals surface area contributed by atoms with Crippen LogP contribution in [0.15, 0.2) is 0 Å². The zero-order valence-corrected chi connectivity index (χ0v) is 6.16. The fraction of sp³-hybridized carbons (Fsp3) is 0.500. The van der Waals surface area contributed by atoms with Crippen molar-refractivity contribution in [3.8, 4) is 0 Å². The standard InChI is InChI=1S/C6H8N2O4/c9-4-2-1-3(5(10)8-4)7-6(11)12/h3,7H,1-2H2,(H,11,12)(H,8,9,10)/t3-/m0/s1. The number of hydrogen-bond acceptors (Lipinski definition) is 3. The van der Waals surface area contributed by atoms with Gasteiger partial charge in [0.1, 0.15) is 6.04 Å². The highest BCUT2D eigenvalue weighted by molar-refractivity contribution is 6.01. The maximum Gasteiger partial charge on any atom is 0.405 e. The predicted molar refractivity (Wildman–Crippen MR) is 37.3 cm³/mol. The van der Waals surface area contributed by atoms with Gasteiger partial charge in [0.2, 0.25) is 11.8 Å². The summed E-state index contributed by atoms with van der Waals surface area (Å²) in [4.78, 5) is 31.6. The van der Waals surface area contributed by atoms with Crippen molar-refractivity contribution in [2.75, 3.05) is 0 Å². The molecule has 1 saturated heterocycles. The lowest BCUT2D eigenvalue weighted by molar-refractivity contribution is -0.134. The molecule has 1 heterocycles. The van der Waals surface area contributed by atoms with Crippen LogP contribution in [0.1, 0.15) is 12.8 Å². The van der Waals surface area contributed by atoms with Crippen LogP contribution in [0.4, 0.5) is 4.79 Å². The Morgan fingerprint density at radius 2 is 2.25 bits per heavy atom. The van der Waals surface area contributed by atoms with E-state index in [1.807, 2.05) is 10.6 Å². The molecule has 6 nitrogen and oxygen atoms in total. The van der Waals surface area contributed by atoms with E-state index in [0.717, 1.165) is 0 Å². The second-order valence-electron chi connectivity index (χ2n) is 2.45. The van der Waals surface area contributed by atoms with Gasteiger partial charge in [0.05, 0.1) is 0 Å². The first-order chi connectivity index (χ1) is 5.59. The summed E-state index contributed by atoms with van der Waals surface area (Å²) in [5.74, 6) is -0.933. The summed E-state index contributed by atoms with van der Waals surface area (Å²) >= 11 is 0. The lowest BCUT2D eigenvalue weighted by atomic mass is 10.1. The predicted octanol–water partition coefficient (Wildman–Crippen LogP) is -0.941. The van der Waals surface area contributed by atoms with Crippen LogP contribution in [0.5, 0.6) is 0 Å². The van der Waals surface area contributed by atoms with Gasteiger partial charge in [0, 0.05) is 6.42 Å². The molecule has 66 valence electrons. The second kappa shape index (κ2) is 3.21. The Morgan fingerprint density at radius 1 is 1.58 bits per heavy atom. The summed E-state index contributed by atoms with van der Waals surface area (Å²) in [6, 6.07) is -0.791. The minimum Gasteiger partial charge on any atom is -0.465 e. The van der Waals surface area contributed by atoms with Crippen LogP contribution < -0.4 is 10.6 Å². The third-order valence-electron chi connectivity index (χ3n) is 1.54. The highest BCUT2D eigenvalue weighted by atomic mass is 16.4. The number of amides is 3. The van der Waals surface area contributed by atoms with E-state index < -0.39 is 18.0 Å². The van der Waals surface area contributed by atoms with Gasteiger partial charge in [-0.05, 0) is 6.42 Å². The quantitative estimate of drug-likeness (QED) is 0.445. The van der Waals surface area contributed by atoms with E-state index in [4.69, 9.17) is 5.11 Å². The van der Waals surface area contributed by atoms with E-state index in [-0.39, 0.29) is 18.7 Å². The maximum atomic E-state index is 10.9. The molecular weight excluding hydrogens is 164 g/mol. The van der Waals surface area contributed by atoms with Gasteiger partial charge in [-0.1, -0.05) is 0 Å². The third kappa shape index (κ3) is 1.94. The zero-order valence-electron chi connectivity index (χ0n) is 6.16. The number of hydrogen-bond donors (Lipinski definition) is 3. The Morgan fingerprint density at radius 3 is 2.75 bits per heavy atom. The van der Waals surface area contributed by atoms with Gasteiger partial charge in [-0.2, -0.15) is 0 Å². The van der Waals surface area contributed by atoms with Crippen LogP contribution in [0.25, 0.3) is 0 Å². The molecule has 1 fully saturated rings. The first-order valence-electron chi connectivity index (χ1n) is 3.43. The van der Waals surface area contributed by atoms with Crippen molar-refractivity contribution >= 4 is 17.9 Å². The van der Waals surface area contributed by atoms with Crippen molar-refractivity contribution in [1.82, 2.24) is 10.6 Å². The molecule has 1 aliphatic rings. The van der Waals surface area contributed by atoms with Crippen molar-refractivity contribution < 1.29 is 19.5 Å². The van der Waals surface area contributed by atoms with Crippen LogP contribution in [-0.4, -0.2) is 29.1 Å². The summed E-state index contributed by atoms with van der Waals surface area (Å²) in [6.45, 7) is 0. The van der Waals surface area contributed by atoms with E-state index in [9.17, 15) is 14.4 Å². The van der Waals surface area contributed by atoms with E-state index in [2.05, 4.69) is 0 Å². The van der Waals surface area contributed by atoms with Crippen LogP contribution >= 0.6 is 0 Å². The molecule has 6 heteroatoms. The Kier molecular flexibility index (Phi) is 2.27. The topological polar surface area (TPSA) is 95.5 Å². The Balaban J connectivity index is 2.51. The molecule has 0 aromatic rings. The van der Waals surface area contributed by atoms with Crippen LogP contribution in [0.3, 0.4) is 0 Å². The number of carbonyl (C=O) groups is 3. The molecule has 0 aliphatic carbocycles. The highest BCUT2D eigenvalue weighted by Gasteiger charge is 2.27. The lowest BCUT2D eigenvalue weighted by Crippen LogP contribution is -2.51. The number of carbonyl (C=O) groups excluding carboxylic acids is 2. The van der Waals surface area contributed by atoms with Gasteiger partial charge >= 0.3 is 6.09 Å². The monoisotopic (exact) mass is 172 g/mol. The van der Waals surface area contributed by atoms with Crippen LogP contribution in [-0.2, 0) is 9.59 Å². The average molecular weight is 172 g/mol. The van der Waals surface area contributed by atoms with E-state index in [0.29, 0.717) is 0 Å². The summed E-state index contributed by atoms with van der Waals surface area (Å²) in [6.07, 6.45) is -0.849. The molecular formula is C6H8N2O4. The minimum absolute atomic E-state index is 0.177. The second-order valence-corrected chi connectivity index (χ2v) is 2.45. The molecule has 3 amide bonds. The maximum absolute atomic E-state index is 10.9. The molecule has 0 radical (unpaired) electrons. The molecule has 0 aromatic carbocycles. The van der Waals surface area contributed by atoms with Gasteiger partial charge in [-0.15, -0.1) is 0 Å².